The molecule has 0 unspecified atom stereocenters. The van der Waals surface area contributed by atoms with Gasteiger partial charge in [-0.3, -0.25) is 9.59 Å². The smallest absolute Gasteiger partial charge is 0.254 e. The normalized spacial score (nSPS) is 9.43. The van der Waals surface area contributed by atoms with Crippen LogP contribution in [0.5, 0.6) is 5.75 Å². The molecule has 0 aliphatic carbocycles. The van der Waals surface area contributed by atoms with E-state index in [9.17, 15) is 18.4 Å². The van der Waals surface area contributed by atoms with Crippen LogP contribution in [-0.2, 0) is 0 Å². The summed E-state index contributed by atoms with van der Waals surface area (Å²) in [7, 11) is 0. The molecule has 0 radical (unpaired) electrons. The van der Waals surface area contributed by atoms with Gasteiger partial charge < -0.3 is 16.6 Å². The molecule has 2 aromatic carbocycles. The number of primary amides is 2. The largest absolute Gasteiger partial charge is 0.508 e. The summed E-state index contributed by atoms with van der Waals surface area (Å²) in [6.45, 7) is 0. The van der Waals surface area contributed by atoms with Crippen molar-refractivity contribution in [1.82, 2.24) is 0 Å². The molecular weight excluding hydrogens is 282 g/mol. The van der Waals surface area contributed by atoms with Crippen LogP contribution in [0, 0.1) is 11.6 Å². The summed E-state index contributed by atoms with van der Waals surface area (Å²) < 4.78 is 25.1. The molecule has 0 bridgehead atoms. The number of carbonyl (C=O) groups excluding carboxylic acids is 2. The van der Waals surface area contributed by atoms with E-state index in [1.807, 2.05) is 0 Å². The number of phenolic OH excluding ortho intramolecular Hbond substituents is 1. The van der Waals surface area contributed by atoms with Crippen LogP contribution >= 0.6 is 0 Å². The molecule has 0 atom stereocenters. The maximum atomic E-state index is 12.6. The predicted molar refractivity (Wildman–Crippen MR) is 71.5 cm³/mol. The standard InChI is InChI=1S/C7H5F2NO.C7H7NO2/c8-4-2-1-3-5(9)6(4)7(10)11;8-7(10)5-1-3-6(9)4-2-5/h1-3H,(H2,10,11);1-4,9H,(H2,8,10). The highest BCUT2D eigenvalue weighted by Crippen LogP contribution is 2.10. The Balaban J connectivity index is 0.000000211. The molecule has 0 aliphatic heterocycles. The summed E-state index contributed by atoms with van der Waals surface area (Å²) in [4.78, 5) is 20.8. The quantitative estimate of drug-likeness (QED) is 0.782. The Morgan fingerprint density at radius 1 is 0.857 bits per heavy atom. The number of hydrogen-bond acceptors (Lipinski definition) is 3. The van der Waals surface area contributed by atoms with E-state index in [2.05, 4.69) is 0 Å². The molecule has 5 N–H and O–H groups in total. The molecule has 0 saturated heterocycles. The van der Waals surface area contributed by atoms with Crippen LogP contribution < -0.4 is 11.5 Å². The first-order chi connectivity index (χ1) is 9.82. The molecule has 2 amide bonds. The van der Waals surface area contributed by atoms with Gasteiger partial charge in [0.05, 0.1) is 0 Å². The van der Waals surface area contributed by atoms with Crippen LogP contribution in [0.4, 0.5) is 8.78 Å². The van der Waals surface area contributed by atoms with E-state index in [0.29, 0.717) is 5.56 Å². The first kappa shape index (κ1) is 16.1. The van der Waals surface area contributed by atoms with Crippen molar-refractivity contribution in [2.45, 2.75) is 0 Å². The van der Waals surface area contributed by atoms with Gasteiger partial charge in [-0.25, -0.2) is 8.78 Å². The van der Waals surface area contributed by atoms with Crippen molar-refractivity contribution in [2.24, 2.45) is 11.5 Å². The summed E-state index contributed by atoms with van der Waals surface area (Å²) in [5.41, 5.74) is 9.35. The molecule has 0 saturated carbocycles. The maximum Gasteiger partial charge on any atom is 0.254 e. The number of halogens is 2. The number of amides is 2. The van der Waals surface area contributed by atoms with Gasteiger partial charge in [0.25, 0.3) is 5.91 Å². The van der Waals surface area contributed by atoms with E-state index in [1.54, 1.807) is 0 Å². The van der Waals surface area contributed by atoms with Gasteiger partial charge in [0.2, 0.25) is 5.91 Å². The zero-order chi connectivity index (χ0) is 16.0. The van der Waals surface area contributed by atoms with Crippen LogP contribution in [0.3, 0.4) is 0 Å². The molecule has 2 aromatic rings. The number of aromatic hydroxyl groups is 1. The average molecular weight is 294 g/mol. The van der Waals surface area contributed by atoms with Crippen LogP contribution in [0.15, 0.2) is 42.5 Å². The summed E-state index contributed by atoms with van der Waals surface area (Å²) >= 11 is 0. The molecule has 21 heavy (non-hydrogen) atoms. The van der Waals surface area contributed by atoms with Gasteiger partial charge in [0.1, 0.15) is 22.9 Å². The molecule has 0 heterocycles. The zero-order valence-corrected chi connectivity index (χ0v) is 10.7. The van der Waals surface area contributed by atoms with Gasteiger partial charge in [-0.05, 0) is 36.4 Å². The number of carbonyl (C=O) groups is 2. The first-order valence-corrected chi connectivity index (χ1v) is 5.65. The lowest BCUT2D eigenvalue weighted by molar-refractivity contribution is 0.0986. The Morgan fingerprint density at radius 3 is 1.67 bits per heavy atom. The Labute approximate surface area is 118 Å². The fourth-order valence-corrected chi connectivity index (χ4v) is 1.36. The fraction of sp³-hybridized carbons (Fsp3) is 0. The van der Waals surface area contributed by atoms with E-state index in [0.717, 1.165) is 18.2 Å². The Kier molecular flexibility index (Phi) is 5.36. The highest BCUT2D eigenvalue weighted by Gasteiger charge is 2.12. The molecule has 0 aliphatic rings. The van der Waals surface area contributed by atoms with Gasteiger partial charge in [0, 0.05) is 5.56 Å². The number of hydrogen-bond donors (Lipinski definition) is 3. The summed E-state index contributed by atoms with van der Waals surface area (Å²) in [6, 6.07) is 8.89. The Morgan fingerprint density at radius 2 is 1.33 bits per heavy atom. The van der Waals surface area contributed by atoms with E-state index in [1.165, 1.54) is 24.3 Å². The predicted octanol–water partition coefficient (Wildman–Crippen LogP) is 1.55. The SMILES string of the molecule is NC(=O)c1c(F)cccc1F.NC(=O)c1ccc(O)cc1. The van der Waals surface area contributed by atoms with Gasteiger partial charge in [-0.15, -0.1) is 0 Å². The third-order valence-electron chi connectivity index (χ3n) is 2.36. The van der Waals surface area contributed by atoms with Crippen molar-refractivity contribution in [3.63, 3.8) is 0 Å². The van der Waals surface area contributed by atoms with Crippen LogP contribution in [-0.4, -0.2) is 16.9 Å². The van der Waals surface area contributed by atoms with Gasteiger partial charge >= 0.3 is 0 Å². The van der Waals surface area contributed by atoms with Gasteiger partial charge in [-0.1, -0.05) is 6.07 Å². The fourth-order valence-electron chi connectivity index (χ4n) is 1.36. The van der Waals surface area contributed by atoms with Crippen molar-refractivity contribution < 1.29 is 23.5 Å². The van der Waals surface area contributed by atoms with Crippen molar-refractivity contribution >= 4 is 11.8 Å². The average Bonchev–Trinajstić information content (AvgIpc) is 2.39. The lowest BCUT2D eigenvalue weighted by Gasteiger charge is -1.97. The zero-order valence-electron chi connectivity index (χ0n) is 10.7. The molecule has 0 spiro atoms. The van der Waals surface area contributed by atoms with E-state index in [4.69, 9.17) is 16.6 Å². The van der Waals surface area contributed by atoms with E-state index in [-0.39, 0.29) is 5.75 Å². The second-order valence-corrected chi connectivity index (χ2v) is 3.87. The van der Waals surface area contributed by atoms with E-state index < -0.39 is 29.0 Å². The van der Waals surface area contributed by atoms with Crippen molar-refractivity contribution in [3.05, 3.63) is 65.2 Å². The molecule has 7 heteroatoms. The third-order valence-corrected chi connectivity index (χ3v) is 2.36. The molecular formula is C14H12F2N2O3. The monoisotopic (exact) mass is 294 g/mol. The minimum Gasteiger partial charge on any atom is -0.508 e. The number of phenols is 1. The van der Waals surface area contributed by atoms with Crippen LogP contribution in [0.2, 0.25) is 0 Å². The molecule has 5 nitrogen and oxygen atoms in total. The van der Waals surface area contributed by atoms with Gasteiger partial charge in [-0.2, -0.15) is 0 Å². The molecule has 110 valence electrons. The van der Waals surface area contributed by atoms with E-state index >= 15 is 0 Å². The summed E-state index contributed by atoms with van der Waals surface area (Å²) in [5.74, 6) is -3.32. The van der Waals surface area contributed by atoms with Crippen LogP contribution in [0.1, 0.15) is 20.7 Å². The highest BCUT2D eigenvalue weighted by molar-refractivity contribution is 5.93. The second-order valence-electron chi connectivity index (χ2n) is 3.87. The lowest BCUT2D eigenvalue weighted by Crippen LogP contribution is -2.15. The maximum absolute atomic E-state index is 12.6. The van der Waals surface area contributed by atoms with Gasteiger partial charge in [0.15, 0.2) is 0 Å². The van der Waals surface area contributed by atoms with Crippen molar-refractivity contribution in [2.75, 3.05) is 0 Å². The molecule has 0 fully saturated rings. The number of rotatable bonds is 2. The topological polar surface area (TPSA) is 106 Å². The van der Waals surface area contributed by atoms with Crippen LogP contribution in [0.25, 0.3) is 0 Å². The Hall–Kier alpha value is -2.96. The van der Waals surface area contributed by atoms with Crippen molar-refractivity contribution in [1.29, 1.82) is 0 Å². The second kappa shape index (κ2) is 6.99. The minimum atomic E-state index is -1.10. The lowest BCUT2D eigenvalue weighted by atomic mass is 10.2. The molecule has 0 aromatic heterocycles. The molecule has 2 rings (SSSR count). The summed E-state index contributed by atoms with van der Waals surface area (Å²) in [6.07, 6.45) is 0. The first-order valence-electron chi connectivity index (χ1n) is 5.65. The highest BCUT2D eigenvalue weighted by atomic mass is 19.1. The number of benzene rings is 2. The Bertz CT molecular complexity index is 638. The summed E-state index contributed by atoms with van der Waals surface area (Å²) in [5, 5.41) is 8.79. The number of nitrogens with two attached hydrogens (primary N) is 2. The minimum absolute atomic E-state index is 0.130. The van der Waals surface area contributed by atoms with Crippen molar-refractivity contribution in [3.8, 4) is 5.75 Å². The third kappa shape index (κ3) is 4.57.